The van der Waals surface area contributed by atoms with Crippen molar-refractivity contribution >= 4 is 0 Å². The van der Waals surface area contributed by atoms with Gasteiger partial charge in [-0.25, -0.2) is 4.39 Å². The smallest absolute Gasteiger partial charge is 0.123 e. The Labute approximate surface area is 77.8 Å². The van der Waals surface area contributed by atoms with Crippen LogP contribution in [0.2, 0.25) is 0 Å². The molecule has 1 saturated carbocycles. The average Bonchev–Trinajstić information content (AvgIpc) is 2.13. The topological polar surface area (TPSA) is 26.0 Å². The number of rotatable bonds is 1. The summed E-state index contributed by atoms with van der Waals surface area (Å²) < 4.78 is 12.9. The van der Waals surface area contributed by atoms with E-state index >= 15 is 0 Å². The van der Waals surface area contributed by atoms with Gasteiger partial charge in [0.05, 0.1) is 0 Å². The molecular weight excluding hydrogens is 165 g/mol. The van der Waals surface area contributed by atoms with Crippen LogP contribution in [0.1, 0.15) is 24.8 Å². The van der Waals surface area contributed by atoms with E-state index in [-0.39, 0.29) is 5.82 Å². The maximum absolute atomic E-state index is 12.9. The van der Waals surface area contributed by atoms with Crippen molar-refractivity contribution in [1.82, 2.24) is 0 Å². The SMILES string of the molecule is CC1C(N)CC1c1cccc(F)c1. The van der Waals surface area contributed by atoms with Crippen molar-refractivity contribution in [2.24, 2.45) is 11.7 Å². The van der Waals surface area contributed by atoms with Gasteiger partial charge >= 0.3 is 0 Å². The van der Waals surface area contributed by atoms with Gasteiger partial charge in [0, 0.05) is 6.04 Å². The molecule has 3 atom stereocenters. The Morgan fingerprint density at radius 3 is 2.77 bits per heavy atom. The van der Waals surface area contributed by atoms with E-state index in [2.05, 4.69) is 6.92 Å². The zero-order valence-corrected chi connectivity index (χ0v) is 7.70. The normalized spacial score (nSPS) is 32.7. The first-order valence-corrected chi connectivity index (χ1v) is 4.69. The molecule has 70 valence electrons. The lowest BCUT2D eigenvalue weighted by Gasteiger charge is -2.40. The quantitative estimate of drug-likeness (QED) is 0.703. The molecule has 1 aromatic carbocycles. The van der Waals surface area contributed by atoms with Gasteiger partial charge in [-0.1, -0.05) is 19.1 Å². The average molecular weight is 179 g/mol. The highest BCUT2D eigenvalue weighted by atomic mass is 19.1. The van der Waals surface area contributed by atoms with Crippen LogP contribution >= 0.6 is 0 Å². The van der Waals surface area contributed by atoms with Gasteiger partial charge in [0.15, 0.2) is 0 Å². The van der Waals surface area contributed by atoms with Crippen molar-refractivity contribution in [3.63, 3.8) is 0 Å². The summed E-state index contributed by atoms with van der Waals surface area (Å²) >= 11 is 0. The molecule has 0 radical (unpaired) electrons. The van der Waals surface area contributed by atoms with Crippen LogP contribution in [0.4, 0.5) is 4.39 Å². The minimum atomic E-state index is -0.148. The van der Waals surface area contributed by atoms with Gasteiger partial charge in [0.25, 0.3) is 0 Å². The summed E-state index contributed by atoms with van der Waals surface area (Å²) in [5.41, 5.74) is 6.89. The van der Waals surface area contributed by atoms with Gasteiger partial charge in [-0.05, 0) is 36.0 Å². The first-order valence-electron chi connectivity index (χ1n) is 4.69. The molecular formula is C11H14FN. The van der Waals surface area contributed by atoms with Crippen molar-refractivity contribution in [3.05, 3.63) is 35.6 Å². The fourth-order valence-electron chi connectivity index (χ4n) is 2.00. The zero-order valence-electron chi connectivity index (χ0n) is 7.70. The molecule has 0 spiro atoms. The predicted octanol–water partition coefficient (Wildman–Crippen LogP) is 2.28. The van der Waals surface area contributed by atoms with E-state index in [4.69, 9.17) is 5.73 Å². The molecule has 1 aliphatic carbocycles. The molecule has 0 aliphatic heterocycles. The van der Waals surface area contributed by atoms with Crippen LogP contribution in [-0.2, 0) is 0 Å². The van der Waals surface area contributed by atoms with Crippen molar-refractivity contribution in [3.8, 4) is 0 Å². The van der Waals surface area contributed by atoms with Gasteiger partial charge in [-0.2, -0.15) is 0 Å². The van der Waals surface area contributed by atoms with Crippen molar-refractivity contribution in [2.75, 3.05) is 0 Å². The molecule has 1 fully saturated rings. The van der Waals surface area contributed by atoms with E-state index in [9.17, 15) is 4.39 Å². The van der Waals surface area contributed by atoms with Gasteiger partial charge in [0.2, 0.25) is 0 Å². The number of hydrogen-bond acceptors (Lipinski definition) is 1. The van der Waals surface area contributed by atoms with Gasteiger partial charge < -0.3 is 5.73 Å². The molecule has 1 aliphatic rings. The number of benzene rings is 1. The minimum absolute atomic E-state index is 0.148. The van der Waals surface area contributed by atoms with E-state index in [0.717, 1.165) is 12.0 Å². The number of halogens is 1. The predicted molar refractivity (Wildman–Crippen MR) is 50.9 cm³/mol. The van der Waals surface area contributed by atoms with E-state index in [1.165, 1.54) is 6.07 Å². The van der Waals surface area contributed by atoms with Gasteiger partial charge in [-0.3, -0.25) is 0 Å². The molecule has 2 heteroatoms. The Morgan fingerprint density at radius 2 is 2.23 bits per heavy atom. The largest absolute Gasteiger partial charge is 0.327 e. The zero-order chi connectivity index (χ0) is 9.42. The molecule has 0 bridgehead atoms. The molecule has 3 unspecified atom stereocenters. The summed E-state index contributed by atoms with van der Waals surface area (Å²) in [4.78, 5) is 0. The highest BCUT2D eigenvalue weighted by Gasteiger charge is 2.35. The molecule has 1 nitrogen and oxygen atoms in total. The second kappa shape index (κ2) is 3.11. The van der Waals surface area contributed by atoms with Crippen LogP contribution in [0, 0.1) is 11.7 Å². The fraction of sp³-hybridized carbons (Fsp3) is 0.455. The van der Waals surface area contributed by atoms with Crippen LogP contribution in [0.25, 0.3) is 0 Å². The maximum atomic E-state index is 12.9. The van der Waals surface area contributed by atoms with Crippen LogP contribution in [0.3, 0.4) is 0 Å². The molecule has 2 rings (SSSR count). The Balaban J connectivity index is 2.18. The lowest BCUT2D eigenvalue weighted by atomic mass is 9.67. The van der Waals surface area contributed by atoms with Crippen molar-refractivity contribution in [1.29, 1.82) is 0 Å². The molecule has 13 heavy (non-hydrogen) atoms. The van der Waals surface area contributed by atoms with Crippen LogP contribution in [0.15, 0.2) is 24.3 Å². The third-order valence-corrected chi connectivity index (χ3v) is 3.11. The Morgan fingerprint density at radius 1 is 1.46 bits per heavy atom. The van der Waals surface area contributed by atoms with Crippen LogP contribution < -0.4 is 5.73 Å². The molecule has 2 N–H and O–H groups in total. The third-order valence-electron chi connectivity index (χ3n) is 3.11. The van der Waals surface area contributed by atoms with Crippen LogP contribution in [0.5, 0.6) is 0 Å². The molecule has 0 heterocycles. The molecule has 1 aromatic rings. The standard InChI is InChI=1S/C11H14FN/c1-7-10(6-11(7)13)8-3-2-4-9(12)5-8/h2-5,7,10-11H,6,13H2,1H3. The van der Waals surface area contributed by atoms with Crippen LogP contribution in [-0.4, -0.2) is 6.04 Å². The summed E-state index contributed by atoms with van der Waals surface area (Å²) in [7, 11) is 0. The summed E-state index contributed by atoms with van der Waals surface area (Å²) in [5.74, 6) is 0.803. The highest BCUT2D eigenvalue weighted by Crippen LogP contribution is 2.41. The van der Waals surface area contributed by atoms with Gasteiger partial charge in [0.1, 0.15) is 5.82 Å². The summed E-state index contributed by atoms with van der Waals surface area (Å²) in [5, 5.41) is 0. The summed E-state index contributed by atoms with van der Waals surface area (Å²) in [6, 6.07) is 7.14. The number of hydrogen-bond donors (Lipinski definition) is 1. The Hall–Kier alpha value is -0.890. The van der Waals surface area contributed by atoms with Crippen molar-refractivity contribution in [2.45, 2.75) is 25.3 Å². The van der Waals surface area contributed by atoms with E-state index in [1.807, 2.05) is 6.07 Å². The Kier molecular flexibility index (Phi) is 2.08. The van der Waals surface area contributed by atoms with Crippen molar-refractivity contribution < 1.29 is 4.39 Å². The molecule has 0 saturated heterocycles. The summed E-state index contributed by atoms with van der Waals surface area (Å²) in [6.07, 6.45) is 0.991. The first kappa shape index (κ1) is 8.70. The minimum Gasteiger partial charge on any atom is -0.327 e. The first-order chi connectivity index (χ1) is 6.18. The summed E-state index contributed by atoms with van der Waals surface area (Å²) in [6.45, 7) is 2.13. The van der Waals surface area contributed by atoms with Gasteiger partial charge in [-0.15, -0.1) is 0 Å². The number of nitrogens with two attached hydrogens (primary N) is 1. The van der Waals surface area contributed by atoms with E-state index < -0.39 is 0 Å². The lowest BCUT2D eigenvalue weighted by Crippen LogP contribution is -2.44. The lowest BCUT2D eigenvalue weighted by molar-refractivity contribution is 0.226. The monoisotopic (exact) mass is 179 g/mol. The second-order valence-electron chi connectivity index (χ2n) is 3.92. The third kappa shape index (κ3) is 1.46. The Bertz CT molecular complexity index is 311. The highest BCUT2D eigenvalue weighted by molar-refractivity contribution is 5.24. The molecule has 0 amide bonds. The van der Waals surface area contributed by atoms with E-state index in [1.54, 1.807) is 12.1 Å². The maximum Gasteiger partial charge on any atom is 0.123 e. The second-order valence-corrected chi connectivity index (χ2v) is 3.92. The fourth-order valence-corrected chi connectivity index (χ4v) is 2.00. The molecule has 0 aromatic heterocycles. The van der Waals surface area contributed by atoms with E-state index in [0.29, 0.717) is 17.9 Å².